The Hall–Kier alpha value is -5.28. The average molecular weight is 541 g/mol. The van der Waals surface area contributed by atoms with Gasteiger partial charge >= 0.3 is 0 Å². The van der Waals surface area contributed by atoms with Gasteiger partial charge in [0.1, 0.15) is 5.75 Å². The van der Waals surface area contributed by atoms with Crippen molar-refractivity contribution in [2.45, 2.75) is 19.3 Å². The van der Waals surface area contributed by atoms with Gasteiger partial charge in [-0.05, 0) is 95.1 Å². The lowest BCUT2D eigenvalue weighted by atomic mass is 9.82. The Bertz CT molecular complexity index is 2370. The molecule has 200 valence electrons. The highest BCUT2D eigenvalue weighted by atomic mass is 16.3. The summed E-state index contributed by atoms with van der Waals surface area (Å²) >= 11 is 0. The maximum absolute atomic E-state index is 9.99. The van der Waals surface area contributed by atoms with Crippen LogP contribution in [-0.4, -0.2) is 14.2 Å². The van der Waals surface area contributed by atoms with E-state index < -0.39 is 0 Å². The zero-order chi connectivity index (χ0) is 28.2. The third-order valence-electron chi connectivity index (χ3n) is 9.38. The van der Waals surface area contributed by atoms with Gasteiger partial charge in [0.05, 0.1) is 22.1 Å². The van der Waals surface area contributed by atoms with Gasteiger partial charge in [0.25, 0.3) is 0 Å². The normalized spacial score (nSPS) is 13.8. The van der Waals surface area contributed by atoms with Crippen LogP contribution in [-0.2, 0) is 5.41 Å². The summed E-state index contributed by atoms with van der Waals surface area (Å²) in [4.78, 5) is 0. The third-order valence-corrected chi connectivity index (χ3v) is 9.38. The summed E-state index contributed by atoms with van der Waals surface area (Å²) in [5.74, 6) is 0.274. The van der Waals surface area contributed by atoms with Crippen molar-refractivity contribution in [3.05, 3.63) is 139 Å². The van der Waals surface area contributed by atoms with Gasteiger partial charge in [-0.3, -0.25) is 0 Å². The van der Waals surface area contributed by atoms with Gasteiger partial charge in [0, 0.05) is 38.3 Å². The highest BCUT2D eigenvalue weighted by molar-refractivity contribution is 6.14. The van der Waals surface area contributed by atoms with E-state index in [2.05, 4.69) is 126 Å². The minimum Gasteiger partial charge on any atom is -0.508 e. The third kappa shape index (κ3) is 3.00. The van der Waals surface area contributed by atoms with Gasteiger partial charge in [0.15, 0.2) is 0 Å². The van der Waals surface area contributed by atoms with Crippen LogP contribution in [0.3, 0.4) is 0 Å². The van der Waals surface area contributed by atoms with E-state index in [1.807, 2.05) is 12.1 Å². The summed E-state index contributed by atoms with van der Waals surface area (Å²) in [6.07, 6.45) is 0. The Kier molecular flexibility index (Phi) is 4.54. The van der Waals surface area contributed by atoms with E-state index in [1.54, 1.807) is 12.1 Å². The SMILES string of the molecule is CC1(C)c2cc3c(cc2-c2cc4c5ccccc5n(-c5ccc(O)cc5)c4cc21)c1ccccc1n3-c1ccccc1. The predicted octanol–water partition coefficient (Wildman–Crippen LogP) is 9.89. The van der Waals surface area contributed by atoms with Crippen LogP contribution in [0.5, 0.6) is 5.75 Å². The molecule has 0 radical (unpaired) electrons. The fraction of sp³-hybridized carbons (Fsp3) is 0.0769. The van der Waals surface area contributed by atoms with Crippen molar-refractivity contribution in [2.24, 2.45) is 0 Å². The Morgan fingerprint density at radius 3 is 1.43 bits per heavy atom. The molecule has 1 aliphatic rings. The molecule has 0 saturated heterocycles. The summed E-state index contributed by atoms with van der Waals surface area (Å²) in [6, 6.07) is 45.3. The van der Waals surface area contributed by atoms with Gasteiger partial charge in [0.2, 0.25) is 0 Å². The molecule has 1 N–H and O–H groups in total. The number of hydrogen-bond donors (Lipinski definition) is 1. The number of para-hydroxylation sites is 3. The Morgan fingerprint density at radius 2 is 0.905 bits per heavy atom. The van der Waals surface area contributed by atoms with E-state index in [9.17, 15) is 5.11 Å². The summed E-state index contributed by atoms with van der Waals surface area (Å²) in [5, 5.41) is 15.0. The van der Waals surface area contributed by atoms with Crippen LogP contribution in [0.4, 0.5) is 0 Å². The molecular weight excluding hydrogens is 512 g/mol. The van der Waals surface area contributed by atoms with Crippen LogP contribution < -0.4 is 0 Å². The van der Waals surface area contributed by atoms with Crippen molar-refractivity contribution in [3.63, 3.8) is 0 Å². The zero-order valence-electron chi connectivity index (χ0n) is 23.5. The molecule has 0 unspecified atom stereocenters. The lowest BCUT2D eigenvalue weighted by Crippen LogP contribution is -2.15. The number of aromatic hydroxyl groups is 1. The number of nitrogens with zero attached hydrogens (tertiary/aromatic N) is 2. The molecule has 8 aromatic rings. The van der Waals surface area contributed by atoms with Crippen molar-refractivity contribution < 1.29 is 5.11 Å². The standard InChI is InChI=1S/C39H28N2O/c1-39(2)33-22-37-31(27-12-6-8-14-35(27)40(37)24-10-4-3-5-11-24)20-29(33)30-21-32-28-13-7-9-15-36(28)41(38(32)23-34(30)39)25-16-18-26(42)19-17-25/h3-23,42H,1-2H3. The monoisotopic (exact) mass is 540 g/mol. The predicted molar refractivity (Wildman–Crippen MR) is 174 cm³/mol. The molecule has 2 aromatic heterocycles. The van der Waals surface area contributed by atoms with E-state index in [1.165, 1.54) is 71.6 Å². The Labute approximate surface area is 243 Å². The van der Waals surface area contributed by atoms with Crippen molar-refractivity contribution in [1.82, 2.24) is 9.13 Å². The van der Waals surface area contributed by atoms with Crippen LogP contribution in [0.15, 0.2) is 127 Å². The summed E-state index contributed by atoms with van der Waals surface area (Å²) < 4.78 is 4.74. The van der Waals surface area contributed by atoms with Crippen LogP contribution >= 0.6 is 0 Å². The maximum atomic E-state index is 9.99. The second-order valence-corrected chi connectivity index (χ2v) is 12.0. The van der Waals surface area contributed by atoms with E-state index >= 15 is 0 Å². The molecule has 0 fully saturated rings. The molecule has 3 heteroatoms. The van der Waals surface area contributed by atoms with Crippen LogP contribution in [0, 0.1) is 0 Å². The topological polar surface area (TPSA) is 30.1 Å². The molecule has 3 nitrogen and oxygen atoms in total. The van der Waals surface area contributed by atoms with Crippen LogP contribution in [0.1, 0.15) is 25.0 Å². The van der Waals surface area contributed by atoms with E-state index in [4.69, 9.17) is 0 Å². The molecule has 6 aromatic carbocycles. The van der Waals surface area contributed by atoms with Gasteiger partial charge in [-0.2, -0.15) is 0 Å². The largest absolute Gasteiger partial charge is 0.508 e. The molecule has 0 spiro atoms. The molecule has 0 saturated carbocycles. The minimum absolute atomic E-state index is 0.179. The first-order valence-corrected chi connectivity index (χ1v) is 14.5. The molecule has 0 bridgehead atoms. The van der Waals surface area contributed by atoms with Crippen LogP contribution in [0.25, 0.3) is 66.1 Å². The van der Waals surface area contributed by atoms with E-state index in [0.717, 1.165) is 5.69 Å². The molecule has 42 heavy (non-hydrogen) atoms. The second kappa shape index (κ2) is 8.14. The first-order chi connectivity index (χ1) is 20.5. The zero-order valence-corrected chi connectivity index (χ0v) is 23.5. The number of hydrogen-bond acceptors (Lipinski definition) is 1. The molecule has 1 aliphatic carbocycles. The molecule has 9 rings (SSSR count). The molecule has 2 heterocycles. The van der Waals surface area contributed by atoms with Gasteiger partial charge < -0.3 is 14.2 Å². The van der Waals surface area contributed by atoms with Crippen molar-refractivity contribution in [1.29, 1.82) is 0 Å². The first kappa shape index (κ1) is 23.4. The van der Waals surface area contributed by atoms with Gasteiger partial charge in [-0.25, -0.2) is 0 Å². The lowest BCUT2D eigenvalue weighted by molar-refractivity contribution is 0.475. The number of phenols is 1. The van der Waals surface area contributed by atoms with E-state index in [-0.39, 0.29) is 11.2 Å². The number of phenolic OH excluding ortho intramolecular Hbond substituents is 1. The number of rotatable bonds is 2. The number of benzene rings is 6. The molecule has 0 amide bonds. The van der Waals surface area contributed by atoms with Crippen LogP contribution in [0.2, 0.25) is 0 Å². The minimum atomic E-state index is -0.179. The lowest BCUT2D eigenvalue weighted by Gasteiger charge is -2.22. The second-order valence-electron chi connectivity index (χ2n) is 12.0. The number of aromatic nitrogens is 2. The number of fused-ring (bicyclic) bond motifs is 9. The van der Waals surface area contributed by atoms with Crippen molar-refractivity contribution in [3.8, 4) is 28.3 Å². The first-order valence-electron chi connectivity index (χ1n) is 14.5. The quantitative estimate of drug-likeness (QED) is 0.232. The molecule has 0 atom stereocenters. The molecule has 0 aliphatic heterocycles. The van der Waals surface area contributed by atoms with E-state index in [0.29, 0.717) is 0 Å². The van der Waals surface area contributed by atoms with Gasteiger partial charge in [-0.15, -0.1) is 0 Å². The maximum Gasteiger partial charge on any atom is 0.115 e. The molecular formula is C39H28N2O. The summed E-state index contributed by atoms with van der Waals surface area (Å²) in [5.41, 5.74) is 12.2. The van der Waals surface area contributed by atoms with Crippen molar-refractivity contribution >= 4 is 43.6 Å². The smallest absolute Gasteiger partial charge is 0.115 e. The highest BCUT2D eigenvalue weighted by Gasteiger charge is 2.37. The Balaban J connectivity index is 1.37. The Morgan fingerprint density at radius 1 is 0.452 bits per heavy atom. The summed E-state index contributed by atoms with van der Waals surface area (Å²) in [6.45, 7) is 4.72. The fourth-order valence-electron chi connectivity index (χ4n) is 7.39. The average Bonchev–Trinajstić information content (AvgIpc) is 3.60. The van der Waals surface area contributed by atoms with Crippen molar-refractivity contribution in [2.75, 3.05) is 0 Å². The summed E-state index contributed by atoms with van der Waals surface area (Å²) in [7, 11) is 0. The van der Waals surface area contributed by atoms with Gasteiger partial charge in [-0.1, -0.05) is 68.4 Å². The fourth-order valence-corrected chi connectivity index (χ4v) is 7.39. The highest BCUT2D eigenvalue weighted by Crippen LogP contribution is 2.53.